The Labute approximate surface area is 194 Å². The molecule has 1 amide bonds. The second-order valence-electron chi connectivity index (χ2n) is 7.77. The van der Waals surface area contributed by atoms with Gasteiger partial charge in [-0.2, -0.15) is 10.5 Å². The summed E-state index contributed by atoms with van der Waals surface area (Å²) in [7, 11) is 0. The van der Waals surface area contributed by atoms with Crippen LogP contribution < -0.4 is 11.1 Å². The minimum absolute atomic E-state index is 0.207. The molecule has 2 unspecified atom stereocenters. The number of carbonyl (C=O) groups is 1. The minimum Gasteiger partial charge on any atom is -0.399 e. The van der Waals surface area contributed by atoms with Crippen molar-refractivity contribution in [3.63, 3.8) is 0 Å². The highest BCUT2D eigenvalue weighted by atomic mass is 16.5. The first kappa shape index (κ1) is 23.7. The zero-order valence-corrected chi connectivity index (χ0v) is 18.8. The summed E-state index contributed by atoms with van der Waals surface area (Å²) in [5.41, 5.74) is 9.92. The summed E-state index contributed by atoms with van der Waals surface area (Å²) in [6.45, 7) is 5.45. The lowest BCUT2D eigenvalue weighted by molar-refractivity contribution is 0.0944. The van der Waals surface area contributed by atoms with Crippen molar-refractivity contribution in [1.29, 1.82) is 10.5 Å². The molecule has 3 rings (SSSR count). The fraction of sp³-hybridized carbons (Fsp3) is 0.308. The Morgan fingerprint density at radius 1 is 1.21 bits per heavy atom. The molecule has 0 saturated carbocycles. The molecule has 0 radical (unpaired) electrons. The second kappa shape index (κ2) is 11.1. The van der Waals surface area contributed by atoms with E-state index in [9.17, 15) is 15.3 Å². The number of nitrogens with two attached hydrogens (primary N) is 1. The molecule has 0 bridgehead atoms. The zero-order valence-electron chi connectivity index (χ0n) is 18.8. The molecular formula is C26H27N5O2. The summed E-state index contributed by atoms with van der Waals surface area (Å²) in [4.78, 5) is 17.3. The van der Waals surface area contributed by atoms with Crippen molar-refractivity contribution in [1.82, 2.24) is 5.32 Å². The maximum Gasteiger partial charge on any atom is 0.251 e. The number of nitriles is 2. The van der Waals surface area contributed by atoms with E-state index in [4.69, 9.17) is 10.5 Å². The normalized spacial score (nSPS) is 17.6. The fourth-order valence-corrected chi connectivity index (χ4v) is 3.91. The van der Waals surface area contributed by atoms with Crippen LogP contribution in [0.4, 0.5) is 5.69 Å². The van der Waals surface area contributed by atoms with Gasteiger partial charge in [0, 0.05) is 48.2 Å². The third-order valence-corrected chi connectivity index (χ3v) is 5.52. The molecule has 33 heavy (non-hydrogen) atoms. The maximum absolute atomic E-state index is 12.7. The molecule has 2 aromatic carbocycles. The van der Waals surface area contributed by atoms with Crippen molar-refractivity contribution < 1.29 is 9.53 Å². The predicted molar refractivity (Wildman–Crippen MR) is 128 cm³/mol. The molecule has 1 aliphatic heterocycles. The van der Waals surface area contributed by atoms with E-state index in [1.165, 1.54) is 0 Å². The number of rotatable bonds is 8. The Bertz CT molecular complexity index is 1170. The summed E-state index contributed by atoms with van der Waals surface area (Å²) < 4.78 is 5.30. The molecule has 1 aliphatic rings. The number of carbonyl (C=O) groups excluding carboxylic acids is 1. The Balaban J connectivity index is 1.97. The number of hydrogen-bond acceptors (Lipinski definition) is 6. The van der Waals surface area contributed by atoms with E-state index in [0.717, 1.165) is 17.5 Å². The number of hydrogen-bond donors (Lipinski definition) is 2. The molecule has 0 saturated heterocycles. The molecule has 3 N–H and O–H groups in total. The van der Waals surface area contributed by atoms with Crippen molar-refractivity contribution in [3.8, 4) is 12.1 Å². The number of benzene rings is 2. The van der Waals surface area contributed by atoms with Crippen molar-refractivity contribution in [3.05, 3.63) is 70.8 Å². The highest BCUT2D eigenvalue weighted by Gasteiger charge is 2.35. The van der Waals surface area contributed by atoms with Crippen LogP contribution in [0.15, 0.2) is 59.1 Å². The average Bonchev–Trinajstić information content (AvgIpc) is 2.83. The number of ether oxygens (including phenoxy) is 1. The number of amides is 1. The third kappa shape index (κ3) is 5.46. The highest BCUT2D eigenvalue weighted by molar-refractivity contribution is 5.98. The molecule has 7 heteroatoms. The molecule has 0 spiro atoms. The van der Waals surface area contributed by atoms with E-state index in [0.29, 0.717) is 48.0 Å². The van der Waals surface area contributed by atoms with Gasteiger partial charge in [-0.05, 0) is 50.1 Å². The highest BCUT2D eigenvalue weighted by Crippen LogP contribution is 2.41. The van der Waals surface area contributed by atoms with Gasteiger partial charge in [0.05, 0.1) is 29.3 Å². The summed E-state index contributed by atoms with van der Waals surface area (Å²) in [6.07, 6.45) is 0.721. The van der Waals surface area contributed by atoms with Gasteiger partial charge in [-0.15, -0.1) is 0 Å². The fourth-order valence-electron chi connectivity index (χ4n) is 3.91. The zero-order chi connectivity index (χ0) is 23.8. The van der Waals surface area contributed by atoms with Gasteiger partial charge in [-0.3, -0.25) is 9.79 Å². The first-order valence-corrected chi connectivity index (χ1v) is 10.9. The SMILES string of the molecule is CCOCCCNC(=O)c1cccc(C2C(C#N)=C(c3cccc(N)c3)N=C(C)C2C#N)c1. The maximum atomic E-state index is 12.7. The average molecular weight is 442 g/mol. The van der Waals surface area contributed by atoms with E-state index in [-0.39, 0.29) is 5.91 Å². The molecule has 0 aliphatic carbocycles. The van der Waals surface area contributed by atoms with E-state index < -0.39 is 11.8 Å². The molecular weight excluding hydrogens is 414 g/mol. The second-order valence-corrected chi connectivity index (χ2v) is 7.77. The van der Waals surface area contributed by atoms with Crippen molar-refractivity contribution in [2.24, 2.45) is 10.9 Å². The first-order valence-electron chi connectivity index (χ1n) is 10.9. The summed E-state index contributed by atoms with van der Waals surface area (Å²) in [6, 6.07) is 18.8. The van der Waals surface area contributed by atoms with Crippen LogP contribution in [0.5, 0.6) is 0 Å². The molecule has 0 aromatic heterocycles. The molecule has 2 aromatic rings. The van der Waals surface area contributed by atoms with Crippen LogP contribution in [0.1, 0.15) is 47.7 Å². The number of nitrogen functional groups attached to an aromatic ring is 1. The van der Waals surface area contributed by atoms with Crippen molar-refractivity contribution in [2.75, 3.05) is 25.5 Å². The first-order chi connectivity index (χ1) is 16.0. The van der Waals surface area contributed by atoms with Crippen LogP contribution in [0.25, 0.3) is 5.70 Å². The Hall–Kier alpha value is -3.94. The van der Waals surface area contributed by atoms with Crippen molar-refractivity contribution in [2.45, 2.75) is 26.2 Å². The topological polar surface area (TPSA) is 124 Å². The monoisotopic (exact) mass is 441 g/mol. The summed E-state index contributed by atoms with van der Waals surface area (Å²) in [5, 5.41) is 22.9. The van der Waals surface area contributed by atoms with E-state index in [2.05, 4.69) is 22.4 Å². The number of anilines is 1. The number of allylic oxidation sites excluding steroid dienone is 1. The molecule has 2 atom stereocenters. The number of nitrogens with zero attached hydrogens (tertiary/aromatic N) is 3. The van der Waals surface area contributed by atoms with Crippen LogP contribution in [-0.2, 0) is 4.74 Å². The summed E-state index contributed by atoms with van der Waals surface area (Å²) >= 11 is 0. The van der Waals surface area contributed by atoms with Gasteiger partial charge in [0.1, 0.15) is 0 Å². The number of aliphatic imine (C=N–C) groups is 1. The summed E-state index contributed by atoms with van der Waals surface area (Å²) in [5.74, 6) is -1.37. The van der Waals surface area contributed by atoms with Gasteiger partial charge < -0.3 is 15.8 Å². The van der Waals surface area contributed by atoms with Crippen LogP contribution in [-0.4, -0.2) is 31.4 Å². The van der Waals surface area contributed by atoms with E-state index >= 15 is 0 Å². The van der Waals surface area contributed by atoms with Gasteiger partial charge in [-0.25, -0.2) is 0 Å². The molecule has 7 nitrogen and oxygen atoms in total. The lowest BCUT2D eigenvalue weighted by Crippen LogP contribution is -2.27. The Kier molecular flexibility index (Phi) is 7.96. The smallest absolute Gasteiger partial charge is 0.251 e. The van der Waals surface area contributed by atoms with Crippen molar-refractivity contribution >= 4 is 23.0 Å². The minimum atomic E-state index is -0.617. The number of nitrogens with one attached hydrogen (secondary N) is 1. The van der Waals surface area contributed by atoms with E-state index in [1.54, 1.807) is 43.3 Å². The molecule has 168 valence electrons. The van der Waals surface area contributed by atoms with E-state index in [1.807, 2.05) is 19.1 Å². The van der Waals surface area contributed by atoms with Crippen LogP contribution in [0.2, 0.25) is 0 Å². The standard InChI is InChI=1S/C26H27N5O2/c1-3-33-12-6-11-30-26(32)20-9-4-7-18(13-20)24-22(15-27)17(2)31-25(23(24)16-28)19-8-5-10-21(29)14-19/h4-5,7-10,13-14,22,24H,3,6,11-12,29H2,1-2H3,(H,30,32). The van der Waals surface area contributed by atoms with Gasteiger partial charge in [0.15, 0.2) is 0 Å². The third-order valence-electron chi connectivity index (χ3n) is 5.52. The predicted octanol–water partition coefficient (Wildman–Crippen LogP) is 4.06. The van der Waals surface area contributed by atoms with Gasteiger partial charge in [0.25, 0.3) is 5.91 Å². The van der Waals surface area contributed by atoms with Gasteiger partial charge >= 0.3 is 0 Å². The Morgan fingerprint density at radius 3 is 2.70 bits per heavy atom. The Morgan fingerprint density at radius 2 is 2.00 bits per heavy atom. The van der Waals surface area contributed by atoms with Crippen LogP contribution >= 0.6 is 0 Å². The lowest BCUT2D eigenvalue weighted by atomic mass is 9.75. The largest absolute Gasteiger partial charge is 0.399 e. The van der Waals surface area contributed by atoms with Crippen LogP contribution in [0.3, 0.4) is 0 Å². The lowest BCUT2D eigenvalue weighted by Gasteiger charge is -2.28. The quantitative estimate of drug-likeness (QED) is 0.472. The van der Waals surface area contributed by atoms with Gasteiger partial charge in [0.2, 0.25) is 0 Å². The molecule has 0 fully saturated rings. The van der Waals surface area contributed by atoms with Crippen LogP contribution in [0, 0.1) is 28.6 Å². The molecule has 1 heterocycles. The van der Waals surface area contributed by atoms with Gasteiger partial charge in [-0.1, -0.05) is 24.3 Å².